The van der Waals surface area contributed by atoms with Gasteiger partial charge in [0.05, 0.1) is 0 Å². The highest BCUT2D eigenvalue weighted by atomic mass is 14.4. The Hall–Kier alpha value is -1.56. The molecule has 0 bridgehead atoms. The predicted octanol–water partition coefficient (Wildman–Crippen LogP) is 8.47. The molecule has 2 aliphatic rings. The third-order valence-corrected chi connectivity index (χ3v) is 8.01. The summed E-state index contributed by atoms with van der Waals surface area (Å²) in [4.78, 5) is 0. The van der Waals surface area contributed by atoms with E-state index in [2.05, 4.69) is 62.4 Å². The molecule has 0 unspecified atom stereocenters. The van der Waals surface area contributed by atoms with E-state index >= 15 is 0 Å². The molecule has 156 valence electrons. The first-order chi connectivity index (χ1) is 14.2. The molecule has 2 fully saturated rings. The first kappa shape index (κ1) is 20.7. The summed E-state index contributed by atoms with van der Waals surface area (Å²) in [6, 6.07) is 18.6. The number of rotatable bonds is 6. The van der Waals surface area contributed by atoms with Gasteiger partial charge in [-0.25, -0.2) is 0 Å². The largest absolute Gasteiger partial charge is 0.0654 e. The predicted molar refractivity (Wildman–Crippen MR) is 125 cm³/mol. The molecule has 0 aliphatic heterocycles. The Balaban J connectivity index is 1.26. The van der Waals surface area contributed by atoms with Gasteiger partial charge in [0, 0.05) is 0 Å². The van der Waals surface area contributed by atoms with Crippen LogP contribution >= 0.6 is 0 Å². The van der Waals surface area contributed by atoms with Gasteiger partial charge in [-0.3, -0.25) is 0 Å². The van der Waals surface area contributed by atoms with Crippen molar-refractivity contribution in [3.8, 4) is 0 Å². The van der Waals surface area contributed by atoms with Crippen LogP contribution in [0.2, 0.25) is 0 Å². The van der Waals surface area contributed by atoms with Crippen molar-refractivity contribution in [3.05, 3.63) is 70.8 Å². The van der Waals surface area contributed by atoms with Gasteiger partial charge in [-0.2, -0.15) is 0 Å². The lowest BCUT2D eigenvalue weighted by molar-refractivity contribution is 0.156. The fraction of sp³-hybridized carbons (Fsp3) is 0.586. The van der Waals surface area contributed by atoms with Crippen molar-refractivity contribution in [1.29, 1.82) is 0 Å². The van der Waals surface area contributed by atoms with E-state index in [-0.39, 0.29) is 0 Å². The van der Waals surface area contributed by atoms with Gasteiger partial charge in [-0.1, -0.05) is 86.7 Å². The summed E-state index contributed by atoms with van der Waals surface area (Å²) in [6.45, 7) is 4.51. The molecule has 0 saturated heterocycles. The zero-order valence-corrected chi connectivity index (χ0v) is 18.7. The van der Waals surface area contributed by atoms with Crippen molar-refractivity contribution in [3.63, 3.8) is 0 Å². The van der Waals surface area contributed by atoms with Crippen molar-refractivity contribution in [2.45, 2.75) is 90.4 Å². The molecule has 2 saturated carbocycles. The Labute approximate surface area is 179 Å². The van der Waals surface area contributed by atoms with E-state index in [4.69, 9.17) is 0 Å². The lowest BCUT2D eigenvalue weighted by atomic mass is 9.68. The summed E-state index contributed by atoms with van der Waals surface area (Å²) in [5.74, 6) is 3.91. The Morgan fingerprint density at radius 1 is 0.655 bits per heavy atom. The average molecular weight is 389 g/mol. The molecule has 0 atom stereocenters. The van der Waals surface area contributed by atoms with Crippen LogP contribution in [0, 0.1) is 24.7 Å². The SMILES string of the molecule is CCCC1CCC(C2CCC(c3ccc(Cc4ccc(C)cc4)cc3)CC2)CC1. The molecule has 0 nitrogen and oxygen atoms in total. The molecular formula is C29H40. The van der Waals surface area contributed by atoms with Crippen molar-refractivity contribution >= 4 is 0 Å². The number of aryl methyl sites for hydroxylation is 1. The van der Waals surface area contributed by atoms with Crippen molar-refractivity contribution in [1.82, 2.24) is 0 Å². The minimum atomic E-state index is 0.802. The number of benzene rings is 2. The monoisotopic (exact) mass is 388 g/mol. The molecule has 4 rings (SSSR count). The van der Waals surface area contributed by atoms with E-state index in [0.717, 1.165) is 30.1 Å². The lowest BCUT2D eigenvalue weighted by Gasteiger charge is -2.38. The van der Waals surface area contributed by atoms with Gasteiger partial charge in [-0.15, -0.1) is 0 Å². The summed E-state index contributed by atoms with van der Waals surface area (Å²) in [7, 11) is 0. The van der Waals surface area contributed by atoms with Crippen LogP contribution in [0.4, 0.5) is 0 Å². The fourth-order valence-corrected chi connectivity index (χ4v) is 6.13. The summed E-state index contributed by atoms with van der Waals surface area (Å²) >= 11 is 0. The van der Waals surface area contributed by atoms with E-state index in [1.807, 2.05) is 0 Å². The topological polar surface area (TPSA) is 0 Å². The highest BCUT2D eigenvalue weighted by molar-refractivity contribution is 5.31. The average Bonchev–Trinajstić information content (AvgIpc) is 2.77. The molecule has 0 heteroatoms. The van der Waals surface area contributed by atoms with Crippen molar-refractivity contribution in [2.75, 3.05) is 0 Å². The van der Waals surface area contributed by atoms with E-state index in [1.54, 1.807) is 5.56 Å². The summed E-state index contributed by atoms with van der Waals surface area (Å²) < 4.78 is 0. The maximum Gasteiger partial charge on any atom is -0.00258 e. The second kappa shape index (κ2) is 9.96. The molecule has 29 heavy (non-hydrogen) atoms. The van der Waals surface area contributed by atoms with Gasteiger partial charge in [0.1, 0.15) is 0 Å². The third kappa shape index (κ3) is 5.53. The van der Waals surface area contributed by atoms with Gasteiger partial charge in [0.2, 0.25) is 0 Å². The molecule has 2 aromatic carbocycles. The summed E-state index contributed by atoms with van der Waals surface area (Å²) in [5.41, 5.74) is 5.78. The Kier molecular flexibility index (Phi) is 7.11. The number of hydrogen-bond acceptors (Lipinski definition) is 0. The normalized spacial score (nSPS) is 27.7. The highest BCUT2D eigenvalue weighted by Crippen LogP contribution is 2.44. The molecular weight excluding hydrogens is 348 g/mol. The molecule has 0 radical (unpaired) electrons. The van der Waals surface area contributed by atoms with Crippen LogP contribution < -0.4 is 0 Å². The Morgan fingerprint density at radius 2 is 1.17 bits per heavy atom. The van der Waals surface area contributed by atoms with E-state index in [1.165, 1.54) is 80.9 Å². The first-order valence-electron chi connectivity index (χ1n) is 12.4. The zero-order chi connectivity index (χ0) is 20.1. The van der Waals surface area contributed by atoms with Crippen LogP contribution in [-0.4, -0.2) is 0 Å². The van der Waals surface area contributed by atoms with Crippen LogP contribution in [-0.2, 0) is 6.42 Å². The van der Waals surface area contributed by atoms with Gasteiger partial charge in [-0.05, 0) is 92.2 Å². The zero-order valence-electron chi connectivity index (χ0n) is 18.7. The van der Waals surface area contributed by atoms with Gasteiger partial charge in [0.25, 0.3) is 0 Å². The Bertz CT molecular complexity index is 723. The van der Waals surface area contributed by atoms with Crippen LogP contribution in [0.15, 0.2) is 48.5 Å². The van der Waals surface area contributed by atoms with Gasteiger partial charge in [0.15, 0.2) is 0 Å². The maximum absolute atomic E-state index is 2.42. The van der Waals surface area contributed by atoms with Crippen LogP contribution in [0.5, 0.6) is 0 Å². The Morgan fingerprint density at radius 3 is 1.72 bits per heavy atom. The quantitative estimate of drug-likeness (QED) is 0.465. The summed E-state index contributed by atoms with van der Waals surface area (Å²) in [6.07, 6.45) is 15.7. The van der Waals surface area contributed by atoms with Gasteiger partial charge >= 0.3 is 0 Å². The second-order valence-electron chi connectivity index (χ2n) is 10.1. The van der Waals surface area contributed by atoms with Gasteiger partial charge < -0.3 is 0 Å². The molecule has 0 spiro atoms. The third-order valence-electron chi connectivity index (χ3n) is 8.01. The number of hydrogen-bond donors (Lipinski definition) is 0. The van der Waals surface area contributed by atoms with Crippen molar-refractivity contribution in [2.24, 2.45) is 17.8 Å². The summed E-state index contributed by atoms with van der Waals surface area (Å²) in [5, 5.41) is 0. The van der Waals surface area contributed by atoms with E-state index in [9.17, 15) is 0 Å². The smallest absolute Gasteiger partial charge is 0.00258 e. The first-order valence-corrected chi connectivity index (χ1v) is 12.4. The highest BCUT2D eigenvalue weighted by Gasteiger charge is 2.31. The lowest BCUT2D eigenvalue weighted by Crippen LogP contribution is -2.25. The van der Waals surface area contributed by atoms with Crippen LogP contribution in [0.3, 0.4) is 0 Å². The van der Waals surface area contributed by atoms with E-state index in [0.29, 0.717) is 0 Å². The van der Waals surface area contributed by atoms with E-state index < -0.39 is 0 Å². The van der Waals surface area contributed by atoms with Crippen molar-refractivity contribution < 1.29 is 0 Å². The van der Waals surface area contributed by atoms with Crippen LogP contribution in [0.1, 0.15) is 99.3 Å². The minimum Gasteiger partial charge on any atom is -0.0654 e. The molecule has 2 aromatic rings. The minimum absolute atomic E-state index is 0.802. The molecule has 0 aromatic heterocycles. The maximum atomic E-state index is 2.42. The molecule has 0 amide bonds. The molecule has 2 aliphatic carbocycles. The molecule has 0 N–H and O–H groups in total. The molecule has 0 heterocycles. The second-order valence-corrected chi connectivity index (χ2v) is 10.1. The van der Waals surface area contributed by atoms with Crippen LogP contribution in [0.25, 0.3) is 0 Å². The fourth-order valence-electron chi connectivity index (χ4n) is 6.13. The standard InChI is InChI=1S/C29H40/c1-3-4-23-9-13-26(14-10-23)28-17-19-29(20-18-28)27-15-11-25(12-16-27)21-24-7-5-22(2)6-8-24/h5-8,11-12,15-16,23,26,28-29H,3-4,9-10,13-14,17-21H2,1-2H3.